The van der Waals surface area contributed by atoms with Gasteiger partial charge in [-0.3, -0.25) is 38.3 Å². The lowest BCUT2D eigenvalue weighted by atomic mass is 10.0. The molecule has 2 heterocycles. The first-order valence-electron chi connectivity index (χ1n) is 18.6. The lowest BCUT2D eigenvalue weighted by Gasteiger charge is -2.14. The largest absolute Gasteiger partial charge is 0.505 e. The van der Waals surface area contributed by atoms with Gasteiger partial charge in [-0.15, -0.1) is 0 Å². The summed E-state index contributed by atoms with van der Waals surface area (Å²) in [6.45, 7) is 0. The first-order valence-corrected chi connectivity index (χ1v) is 23.8. The molecule has 2 aromatic heterocycles. The molecule has 0 aliphatic carbocycles. The van der Waals surface area contributed by atoms with Gasteiger partial charge in [-0.1, -0.05) is 36.4 Å². The molecule has 8 N–H and O–H groups in total. The van der Waals surface area contributed by atoms with E-state index in [9.17, 15) is 55.3 Å². The van der Waals surface area contributed by atoms with Gasteiger partial charge in [0.15, 0.2) is 11.5 Å². The van der Waals surface area contributed by atoms with Crippen molar-refractivity contribution in [1.82, 2.24) is 9.97 Å². The molecule has 6 aromatic rings. The molecule has 18 nitrogen and oxygen atoms in total. The molecule has 0 aliphatic rings. The number of pyridine rings is 2. The number of benzene rings is 4. The molecule has 0 bridgehead atoms. The van der Waals surface area contributed by atoms with E-state index in [4.69, 9.17) is 10.2 Å². The Kier molecular flexibility index (Phi) is 14.6. The zero-order valence-corrected chi connectivity index (χ0v) is 36.2. The van der Waals surface area contributed by atoms with Gasteiger partial charge in [0.1, 0.15) is 20.8 Å². The van der Waals surface area contributed by atoms with E-state index in [-0.39, 0.29) is 80.5 Å². The second-order valence-electron chi connectivity index (χ2n) is 13.8. The Morgan fingerprint density at radius 2 is 0.984 bits per heavy atom. The number of nitrogens with one attached hydrogen (secondary N) is 2. The van der Waals surface area contributed by atoms with Crippen molar-refractivity contribution in [2.75, 3.05) is 22.1 Å². The molecule has 2 amide bonds. The van der Waals surface area contributed by atoms with Crippen molar-refractivity contribution in [3.05, 3.63) is 119 Å². The zero-order chi connectivity index (χ0) is 46.3. The number of aromatic hydroxyl groups is 2. The highest BCUT2D eigenvalue weighted by Crippen LogP contribution is 2.35. The van der Waals surface area contributed by atoms with E-state index in [1.807, 2.05) is 0 Å². The van der Waals surface area contributed by atoms with Crippen molar-refractivity contribution < 1.29 is 65.5 Å². The van der Waals surface area contributed by atoms with E-state index >= 15 is 0 Å². The maximum Gasteiger partial charge on any atom is 0.304 e. The number of fused-ring (bicyclic) bond motifs is 2. The molecule has 0 radical (unpaired) electrons. The van der Waals surface area contributed by atoms with Crippen LogP contribution in [0.15, 0.2) is 95.0 Å². The van der Waals surface area contributed by atoms with Crippen LogP contribution < -0.4 is 10.6 Å². The predicted molar refractivity (Wildman–Crippen MR) is 241 cm³/mol. The molecule has 0 saturated heterocycles. The van der Waals surface area contributed by atoms with Crippen molar-refractivity contribution >= 4 is 113 Å². The summed E-state index contributed by atoms with van der Waals surface area (Å²) in [5.41, 5.74) is 0.235. The van der Waals surface area contributed by atoms with Gasteiger partial charge in [0.2, 0.25) is 0 Å². The smallest absolute Gasteiger partial charge is 0.304 e. The number of amides is 2. The first-order chi connectivity index (χ1) is 30.3. The summed E-state index contributed by atoms with van der Waals surface area (Å²) < 4.78 is 70.7. The number of aromatic nitrogens is 2. The van der Waals surface area contributed by atoms with Gasteiger partial charge < -0.3 is 31.1 Å². The summed E-state index contributed by atoms with van der Waals surface area (Å²) in [6, 6.07) is 16.2. The second kappa shape index (κ2) is 19.9. The van der Waals surface area contributed by atoms with Crippen LogP contribution in [-0.2, 0) is 41.3 Å². The minimum atomic E-state index is -5.01. The molecule has 0 spiro atoms. The molecular weight excluding hydrogens is 913 g/mol. The number of phenols is 2. The fourth-order valence-corrected chi connectivity index (χ4v) is 9.66. The van der Waals surface area contributed by atoms with E-state index in [0.717, 1.165) is 24.3 Å². The van der Waals surface area contributed by atoms with Crippen LogP contribution in [0.1, 0.15) is 55.8 Å². The van der Waals surface area contributed by atoms with Gasteiger partial charge in [0, 0.05) is 57.6 Å². The number of carbonyl (C=O) groups excluding carboxylic acids is 2. The predicted octanol–water partition coefficient (Wildman–Crippen LogP) is 6.78. The van der Waals surface area contributed by atoms with Crippen molar-refractivity contribution in [1.29, 1.82) is 0 Å². The summed E-state index contributed by atoms with van der Waals surface area (Å²) in [5, 5.41) is 46.0. The van der Waals surface area contributed by atoms with Crippen LogP contribution in [0, 0.1) is 0 Å². The standard InChI is InChI=1S/C42H36N4O14S4/c47-35(48)11-15-61-21-25-17-31(39(51)37-29(25)3-1-13-43-37)41(53)45-27-9-7-23(33(19-27)63(55,56)57)5-6-24-8-10-28(20-34(24)64(58,59)60)46-42(54)32-18-26(22-62-16-12-36(49)50)30-4-2-14-44-38(30)40(32)52/h1-10,13-14,17-20,51-52H,11-12,15-16,21-22H2,(H,45,53)(H,46,54)(H,47,48)(H,49,50)(H,55,56,57)(H,58,59,60)/b6-5+. The van der Waals surface area contributed by atoms with Gasteiger partial charge in [0.25, 0.3) is 32.1 Å². The average molecular weight is 949 g/mol. The molecule has 332 valence electrons. The summed E-state index contributed by atoms with van der Waals surface area (Å²) >= 11 is 2.57. The quantitative estimate of drug-likeness (QED) is 0.0250. The molecule has 64 heavy (non-hydrogen) atoms. The number of nitrogens with zero attached hydrogens (tertiary/aromatic N) is 2. The number of phenolic OH excluding ortho intramolecular Hbond substituents is 2. The second-order valence-corrected chi connectivity index (χ2v) is 18.7. The van der Waals surface area contributed by atoms with Crippen molar-refractivity contribution in [3.63, 3.8) is 0 Å². The van der Waals surface area contributed by atoms with E-state index < -0.39 is 65.3 Å². The highest BCUT2D eigenvalue weighted by molar-refractivity contribution is 7.98. The number of thioether (sulfide) groups is 2. The van der Waals surface area contributed by atoms with Crippen molar-refractivity contribution in [2.24, 2.45) is 0 Å². The summed E-state index contributed by atoms with van der Waals surface area (Å²) in [5.74, 6) is -3.56. The number of carboxylic acid groups (broad SMARTS) is 2. The molecule has 4 aromatic carbocycles. The number of aliphatic carboxylic acids is 2. The number of rotatable bonds is 18. The molecule has 0 saturated carbocycles. The minimum absolute atomic E-state index is 0.0949. The third-order valence-electron chi connectivity index (χ3n) is 9.37. The molecule has 0 unspecified atom stereocenters. The monoisotopic (exact) mass is 948 g/mol. The van der Waals surface area contributed by atoms with Crippen LogP contribution in [0.25, 0.3) is 34.0 Å². The Labute approximate surface area is 373 Å². The van der Waals surface area contributed by atoms with Crippen LogP contribution in [0.5, 0.6) is 11.5 Å². The van der Waals surface area contributed by atoms with Crippen LogP contribution in [-0.4, -0.2) is 91.6 Å². The SMILES string of the molecule is O=C(O)CCSCc1cc(C(=O)Nc2ccc(/C=C/c3ccc(NC(=O)c4cc(CSCCC(=O)O)c5cccnc5c4O)cc3S(=O)(=O)O)c(S(=O)(=O)O)c2)c(O)c2ncccc12. The Hall–Kier alpha value is -6.56. The summed E-state index contributed by atoms with van der Waals surface area (Å²) in [7, 11) is -10.0. The summed E-state index contributed by atoms with van der Waals surface area (Å²) in [4.78, 5) is 55.9. The Morgan fingerprint density at radius 1 is 0.594 bits per heavy atom. The highest BCUT2D eigenvalue weighted by Gasteiger charge is 2.23. The fraction of sp³-hybridized carbons (Fsp3) is 0.143. The molecular formula is C42H36N4O14S4. The number of hydrogen-bond donors (Lipinski definition) is 8. The topological polar surface area (TPSA) is 308 Å². The lowest BCUT2D eigenvalue weighted by molar-refractivity contribution is -0.137. The van der Waals surface area contributed by atoms with Gasteiger partial charge in [-0.25, -0.2) is 0 Å². The maximum absolute atomic E-state index is 13.5. The average Bonchev–Trinajstić information content (AvgIpc) is 3.24. The Balaban J connectivity index is 1.25. The van der Waals surface area contributed by atoms with E-state index in [1.165, 1.54) is 72.3 Å². The van der Waals surface area contributed by atoms with Crippen molar-refractivity contribution in [2.45, 2.75) is 34.1 Å². The molecule has 22 heteroatoms. The number of hydrogen-bond acceptors (Lipinski definition) is 14. The van der Waals surface area contributed by atoms with Gasteiger partial charge in [0.05, 0.1) is 24.0 Å². The van der Waals surface area contributed by atoms with Crippen LogP contribution in [0.3, 0.4) is 0 Å². The number of carbonyl (C=O) groups is 4. The molecule has 0 fully saturated rings. The zero-order valence-electron chi connectivity index (χ0n) is 33.0. The third kappa shape index (κ3) is 11.3. The third-order valence-corrected chi connectivity index (χ3v) is 13.2. The Bertz CT molecular complexity index is 2900. The normalized spacial score (nSPS) is 11.8. The fourth-order valence-electron chi connectivity index (χ4n) is 6.39. The lowest BCUT2D eigenvalue weighted by Crippen LogP contribution is -2.14. The van der Waals surface area contributed by atoms with E-state index in [0.29, 0.717) is 21.9 Å². The summed E-state index contributed by atoms with van der Waals surface area (Å²) in [6.07, 6.45) is 4.85. The Morgan fingerprint density at radius 3 is 1.34 bits per heavy atom. The van der Waals surface area contributed by atoms with Gasteiger partial charge >= 0.3 is 11.9 Å². The molecule has 0 atom stereocenters. The van der Waals surface area contributed by atoms with Gasteiger partial charge in [-0.2, -0.15) is 40.4 Å². The van der Waals surface area contributed by atoms with Crippen LogP contribution in [0.4, 0.5) is 11.4 Å². The van der Waals surface area contributed by atoms with Crippen molar-refractivity contribution in [3.8, 4) is 11.5 Å². The minimum Gasteiger partial charge on any atom is -0.505 e. The van der Waals surface area contributed by atoms with E-state index in [1.54, 1.807) is 24.3 Å². The van der Waals surface area contributed by atoms with E-state index in [2.05, 4.69) is 20.6 Å². The molecule has 0 aliphatic heterocycles. The van der Waals surface area contributed by atoms with Gasteiger partial charge in [-0.05, 0) is 70.8 Å². The highest BCUT2D eigenvalue weighted by atomic mass is 32.2. The van der Waals surface area contributed by atoms with Crippen LogP contribution in [0.2, 0.25) is 0 Å². The first kappa shape index (κ1) is 46.9. The maximum atomic E-state index is 13.5. The number of carboxylic acids is 2. The van der Waals surface area contributed by atoms with Crippen LogP contribution >= 0.6 is 23.5 Å². The molecule has 6 rings (SSSR count). The number of anilines is 2.